The summed E-state index contributed by atoms with van der Waals surface area (Å²) < 4.78 is 28.4. The van der Waals surface area contributed by atoms with Gasteiger partial charge in [-0.2, -0.15) is 0 Å². The van der Waals surface area contributed by atoms with E-state index >= 15 is 0 Å². The van der Waals surface area contributed by atoms with Crippen LogP contribution in [0.25, 0.3) is 0 Å². The minimum atomic E-state index is -1.85. The molecule has 0 aliphatic carbocycles. The number of aliphatic hydroxyl groups is 1. The molecule has 2 fully saturated rings. The maximum Gasteiger partial charge on any atom is 0.504 e. The van der Waals surface area contributed by atoms with Crippen molar-refractivity contribution in [1.29, 1.82) is 0 Å². The number of aromatic nitrogens is 2. The van der Waals surface area contributed by atoms with E-state index in [1.165, 1.54) is 18.9 Å². The number of hydrogen-bond acceptors (Lipinski definition) is 7. The molecule has 21 heavy (non-hydrogen) atoms. The Bertz CT molecular complexity index is 686. The summed E-state index contributed by atoms with van der Waals surface area (Å²) in [5, 5.41) is 10.3. The average Bonchev–Trinajstić information content (AvgIpc) is 2.87. The zero-order valence-corrected chi connectivity index (χ0v) is 12.0. The third kappa shape index (κ3) is 2.37. The number of ether oxygens (including phenoxy) is 2. The van der Waals surface area contributed by atoms with E-state index in [1.807, 2.05) is 0 Å². The van der Waals surface area contributed by atoms with E-state index in [2.05, 4.69) is 4.98 Å². The van der Waals surface area contributed by atoms with Gasteiger partial charge in [0.15, 0.2) is 18.5 Å². The predicted octanol–water partition coefficient (Wildman–Crippen LogP) is -1.05. The lowest BCUT2D eigenvalue weighted by Gasteiger charge is -2.29. The number of nitrogens with one attached hydrogen (secondary N) is 1. The molecule has 2 aliphatic heterocycles. The second kappa shape index (κ2) is 5.11. The van der Waals surface area contributed by atoms with Crippen LogP contribution in [0.3, 0.4) is 0 Å². The number of nitrogens with zero attached hydrogens (tertiary/aromatic N) is 1. The first-order chi connectivity index (χ1) is 9.93. The monoisotopic (exact) mass is 317 g/mol. The Kier molecular flexibility index (Phi) is 3.54. The first kappa shape index (κ1) is 14.6. The highest BCUT2D eigenvalue weighted by Crippen LogP contribution is 2.45. The maximum atomic E-state index is 11.8. The molecule has 2 saturated heterocycles. The van der Waals surface area contributed by atoms with Crippen LogP contribution in [0.15, 0.2) is 21.9 Å². The van der Waals surface area contributed by atoms with Crippen LogP contribution < -0.4 is 11.2 Å². The molecule has 0 saturated carbocycles. The molecule has 0 spiro atoms. The van der Waals surface area contributed by atoms with Gasteiger partial charge in [0.05, 0.1) is 6.61 Å². The van der Waals surface area contributed by atoms with Gasteiger partial charge in [-0.1, -0.05) is 0 Å². The molecule has 3 heterocycles. The molecule has 114 valence electrons. The van der Waals surface area contributed by atoms with E-state index in [-0.39, 0.29) is 13.2 Å². The molecule has 5 atom stereocenters. The molecule has 1 unspecified atom stereocenters. The summed E-state index contributed by atoms with van der Waals surface area (Å²) in [4.78, 5) is 25.0. The Morgan fingerprint density at radius 1 is 1.62 bits per heavy atom. The van der Waals surface area contributed by atoms with Crippen LogP contribution in [0.4, 0.5) is 0 Å². The highest BCUT2D eigenvalue weighted by Gasteiger charge is 2.63. The van der Waals surface area contributed by atoms with E-state index in [4.69, 9.17) is 14.0 Å². The van der Waals surface area contributed by atoms with E-state index in [9.17, 15) is 19.3 Å². The van der Waals surface area contributed by atoms with Crippen molar-refractivity contribution in [2.24, 2.45) is 0 Å². The average molecular weight is 317 g/mol. The van der Waals surface area contributed by atoms with Crippen molar-refractivity contribution >= 4 is 8.03 Å². The fourth-order valence-electron chi connectivity index (χ4n) is 2.57. The molecule has 2 aliphatic rings. The van der Waals surface area contributed by atoms with Crippen LogP contribution in [-0.2, 0) is 18.6 Å². The molecule has 9 nitrogen and oxygen atoms in total. The first-order valence-corrected chi connectivity index (χ1v) is 7.88. The Morgan fingerprint density at radius 2 is 2.38 bits per heavy atom. The molecular formula is C11H14N2O7P+. The molecule has 2 N–H and O–H groups in total. The van der Waals surface area contributed by atoms with Gasteiger partial charge in [0.1, 0.15) is 18.8 Å². The molecule has 0 radical (unpaired) electrons. The minimum Gasteiger partial charge on any atom is -0.387 e. The highest BCUT2D eigenvalue weighted by molar-refractivity contribution is 7.38. The second-order valence-corrected chi connectivity index (χ2v) is 6.16. The summed E-state index contributed by atoms with van der Waals surface area (Å²) >= 11 is 0. The van der Waals surface area contributed by atoms with Crippen LogP contribution in [0.5, 0.6) is 0 Å². The minimum absolute atomic E-state index is 0.0800. The van der Waals surface area contributed by atoms with Crippen molar-refractivity contribution in [3.8, 4) is 0 Å². The van der Waals surface area contributed by atoms with Crippen LogP contribution in [0, 0.1) is 0 Å². The quantitative estimate of drug-likeness (QED) is 0.680. The van der Waals surface area contributed by atoms with Gasteiger partial charge >= 0.3 is 13.7 Å². The Hall–Kier alpha value is -1.38. The third-order valence-corrected chi connectivity index (χ3v) is 4.12. The summed E-state index contributed by atoms with van der Waals surface area (Å²) in [6.07, 6.45) is -1.38. The van der Waals surface area contributed by atoms with Gasteiger partial charge in [-0.05, 0) is 4.57 Å². The molecule has 3 rings (SSSR count). The summed E-state index contributed by atoms with van der Waals surface area (Å²) in [6.45, 7) is 1.37. The van der Waals surface area contributed by atoms with Crippen LogP contribution in [0.1, 0.15) is 6.23 Å². The van der Waals surface area contributed by atoms with Gasteiger partial charge in [0.25, 0.3) is 5.56 Å². The number of fused-ring (bicyclic) bond motifs is 2. The van der Waals surface area contributed by atoms with Gasteiger partial charge < -0.3 is 14.6 Å². The molecule has 2 bridgehead atoms. The first-order valence-electron chi connectivity index (χ1n) is 6.26. The number of aliphatic hydroxyl groups excluding tert-OH is 1. The van der Waals surface area contributed by atoms with Crippen molar-refractivity contribution in [3.05, 3.63) is 33.1 Å². The lowest BCUT2D eigenvalue weighted by molar-refractivity contribution is -0.184. The van der Waals surface area contributed by atoms with E-state index in [0.717, 1.165) is 4.57 Å². The maximum absolute atomic E-state index is 11.8. The molecular weight excluding hydrogens is 303 g/mol. The van der Waals surface area contributed by atoms with Crippen LogP contribution >= 0.6 is 8.03 Å². The van der Waals surface area contributed by atoms with Crippen LogP contribution in [0.2, 0.25) is 0 Å². The summed E-state index contributed by atoms with van der Waals surface area (Å²) in [5.41, 5.74) is -2.35. The van der Waals surface area contributed by atoms with Crippen molar-refractivity contribution in [2.75, 3.05) is 19.9 Å². The normalized spacial score (nSPS) is 35.1. The zero-order chi connectivity index (χ0) is 15.2. The molecule has 1 aromatic heterocycles. The van der Waals surface area contributed by atoms with Crippen molar-refractivity contribution in [2.45, 2.75) is 24.0 Å². The van der Waals surface area contributed by atoms with Gasteiger partial charge in [-0.3, -0.25) is 14.3 Å². The lowest BCUT2D eigenvalue weighted by atomic mass is 10.0. The van der Waals surface area contributed by atoms with Gasteiger partial charge in [0, 0.05) is 12.3 Å². The number of aromatic amines is 1. The Labute approximate surface area is 119 Å². The zero-order valence-electron chi connectivity index (χ0n) is 11.1. The largest absolute Gasteiger partial charge is 0.504 e. The Balaban J connectivity index is 1.89. The predicted molar refractivity (Wildman–Crippen MR) is 69.4 cm³/mol. The Morgan fingerprint density at radius 3 is 3.05 bits per heavy atom. The van der Waals surface area contributed by atoms with Gasteiger partial charge in [-0.25, -0.2) is 4.79 Å². The highest BCUT2D eigenvalue weighted by atomic mass is 31.1. The molecule has 0 aromatic carbocycles. The topological polar surface area (TPSA) is 120 Å². The van der Waals surface area contributed by atoms with Crippen molar-refractivity contribution in [1.82, 2.24) is 9.55 Å². The SMILES string of the molecule is C[P+](=O)OC[C@@]12CO[C@@H]([C@H](n3ccc(=O)[nH]c3=O)O1)[C@@H]2O. The van der Waals surface area contributed by atoms with E-state index < -0.39 is 43.3 Å². The fourth-order valence-corrected chi connectivity index (χ4v) is 2.97. The van der Waals surface area contributed by atoms with Gasteiger partial charge in [0.2, 0.25) is 0 Å². The standard InChI is InChI=1S/C11H13N2O7P/c1-21(17)19-5-11-4-18-7(8(11)15)9(20-11)13-3-2-6(14)12-10(13)16/h2-3,7-9,15H,4-5H2,1H3/p+1/t7-,8+,9-,11-/m1/s1. The van der Waals surface area contributed by atoms with Crippen molar-refractivity contribution in [3.63, 3.8) is 0 Å². The van der Waals surface area contributed by atoms with Gasteiger partial charge in [-0.15, -0.1) is 4.52 Å². The second-order valence-electron chi connectivity index (χ2n) is 5.02. The summed E-state index contributed by atoms with van der Waals surface area (Å²) in [6, 6.07) is 1.18. The third-order valence-electron chi connectivity index (χ3n) is 3.62. The van der Waals surface area contributed by atoms with Crippen LogP contribution in [-0.4, -0.2) is 52.3 Å². The summed E-state index contributed by atoms with van der Waals surface area (Å²) in [7, 11) is -1.85. The van der Waals surface area contributed by atoms with E-state index in [0.29, 0.717) is 0 Å². The van der Waals surface area contributed by atoms with E-state index in [1.54, 1.807) is 0 Å². The fraction of sp³-hybridized carbons (Fsp3) is 0.636. The number of rotatable bonds is 4. The molecule has 1 aromatic rings. The van der Waals surface area contributed by atoms with Crippen molar-refractivity contribution < 1.29 is 23.7 Å². The summed E-state index contributed by atoms with van der Waals surface area (Å²) in [5.74, 6) is 0. The smallest absolute Gasteiger partial charge is 0.387 e. The number of hydrogen-bond donors (Lipinski definition) is 2. The lowest BCUT2D eigenvalue weighted by Crippen LogP contribution is -2.45. The molecule has 0 amide bonds. The molecule has 10 heteroatoms. The number of H-pyrrole nitrogens is 1.